The smallest absolute Gasteiger partial charge is 0.0787 e. The van der Waals surface area contributed by atoms with Gasteiger partial charge in [0, 0.05) is 0 Å². The summed E-state index contributed by atoms with van der Waals surface area (Å²) in [4.78, 5) is 0. The fraction of sp³-hybridized carbons (Fsp3) is 0.714. The topological polar surface area (TPSA) is 9.23 Å². The fourth-order valence-electron chi connectivity index (χ4n) is 2.17. The summed E-state index contributed by atoms with van der Waals surface area (Å²) in [5.74, 6) is 1.59. The van der Waals surface area contributed by atoms with Crippen LogP contribution in [0.3, 0.4) is 0 Å². The second-order valence-corrected chi connectivity index (χ2v) is 4.46. The van der Waals surface area contributed by atoms with Crippen LogP contribution in [-0.4, -0.2) is 7.11 Å². The first-order chi connectivity index (χ1) is 7.36. The van der Waals surface area contributed by atoms with Crippen LogP contribution in [0.2, 0.25) is 0 Å². The van der Waals surface area contributed by atoms with Crippen LogP contribution < -0.4 is 0 Å². The Bertz CT molecular complexity index is 197. The van der Waals surface area contributed by atoms with E-state index in [1.165, 1.54) is 38.5 Å². The molecule has 0 bridgehead atoms. The van der Waals surface area contributed by atoms with Gasteiger partial charge >= 0.3 is 0 Å². The number of ether oxygens (including phenoxy) is 1. The highest BCUT2D eigenvalue weighted by atomic mass is 16.5. The lowest BCUT2D eigenvalue weighted by Crippen LogP contribution is -2.11. The van der Waals surface area contributed by atoms with E-state index >= 15 is 0 Å². The van der Waals surface area contributed by atoms with Gasteiger partial charge < -0.3 is 4.74 Å². The number of unbranched alkanes of at least 4 members (excludes halogenated alkanes) is 1. The second-order valence-electron chi connectivity index (χ2n) is 4.46. The molecule has 0 radical (unpaired) electrons. The van der Waals surface area contributed by atoms with Crippen molar-refractivity contribution in [3.63, 3.8) is 0 Å². The van der Waals surface area contributed by atoms with Gasteiger partial charge in [0.2, 0.25) is 0 Å². The molecule has 0 spiro atoms. The van der Waals surface area contributed by atoms with Crippen LogP contribution in [0.4, 0.5) is 0 Å². The maximum atomic E-state index is 4.96. The normalized spacial score (nSPS) is 27.6. The van der Waals surface area contributed by atoms with E-state index in [2.05, 4.69) is 25.2 Å². The number of methoxy groups -OCH3 is 1. The molecule has 0 saturated heterocycles. The molecular weight excluding hydrogens is 184 g/mol. The zero-order valence-electron chi connectivity index (χ0n) is 10.1. The zero-order chi connectivity index (χ0) is 10.9. The Morgan fingerprint density at radius 3 is 2.20 bits per heavy atom. The van der Waals surface area contributed by atoms with Crippen molar-refractivity contribution < 1.29 is 4.74 Å². The van der Waals surface area contributed by atoms with Gasteiger partial charge in [-0.1, -0.05) is 25.5 Å². The first-order valence-electron chi connectivity index (χ1n) is 6.23. The van der Waals surface area contributed by atoms with Crippen molar-refractivity contribution in [2.45, 2.75) is 45.4 Å². The average molecular weight is 208 g/mol. The molecular formula is C14H24O. The molecule has 0 aromatic rings. The SMILES string of the molecule is CCC/C=C/[C@H]1CC[C@H](C=COC)CC1. The van der Waals surface area contributed by atoms with Crippen LogP contribution >= 0.6 is 0 Å². The molecule has 0 heterocycles. The third kappa shape index (κ3) is 5.06. The molecule has 1 aliphatic rings. The third-order valence-corrected chi connectivity index (χ3v) is 3.17. The Morgan fingerprint density at radius 2 is 1.67 bits per heavy atom. The van der Waals surface area contributed by atoms with Crippen molar-refractivity contribution in [1.82, 2.24) is 0 Å². The highest BCUT2D eigenvalue weighted by Gasteiger charge is 2.17. The minimum Gasteiger partial charge on any atom is -0.505 e. The van der Waals surface area contributed by atoms with Crippen LogP contribution in [-0.2, 0) is 4.74 Å². The van der Waals surface area contributed by atoms with Crippen molar-refractivity contribution in [2.75, 3.05) is 7.11 Å². The Kier molecular flexibility index (Phi) is 6.22. The lowest BCUT2D eigenvalue weighted by Gasteiger charge is -2.24. The Hall–Kier alpha value is -0.720. The first-order valence-corrected chi connectivity index (χ1v) is 6.23. The van der Waals surface area contributed by atoms with Crippen molar-refractivity contribution in [3.05, 3.63) is 24.5 Å². The molecule has 0 atom stereocenters. The summed E-state index contributed by atoms with van der Waals surface area (Å²) in [6, 6.07) is 0. The zero-order valence-corrected chi connectivity index (χ0v) is 10.1. The molecule has 1 nitrogen and oxygen atoms in total. The number of hydrogen-bond acceptors (Lipinski definition) is 1. The van der Waals surface area contributed by atoms with E-state index in [9.17, 15) is 0 Å². The van der Waals surface area contributed by atoms with E-state index in [-0.39, 0.29) is 0 Å². The molecule has 1 aliphatic carbocycles. The van der Waals surface area contributed by atoms with E-state index in [0.29, 0.717) is 0 Å². The minimum absolute atomic E-state index is 0.751. The number of hydrogen-bond donors (Lipinski definition) is 0. The van der Waals surface area contributed by atoms with Gasteiger partial charge in [-0.05, 0) is 50.0 Å². The molecule has 0 aromatic carbocycles. The van der Waals surface area contributed by atoms with Crippen molar-refractivity contribution in [3.8, 4) is 0 Å². The minimum atomic E-state index is 0.751. The summed E-state index contributed by atoms with van der Waals surface area (Å²) in [5.41, 5.74) is 0. The van der Waals surface area contributed by atoms with E-state index in [1.54, 1.807) is 7.11 Å². The molecule has 1 fully saturated rings. The largest absolute Gasteiger partial charge is 0.505 e. The number of allylic oxidation sites excluding steroid dienone is 3. The fourth-order valence-corrected chi connectivity index (χ4v) is 2.17. The summed E-state index contributed by atoms with van der Waals surface area (Å²) in [7, 11) is 1.72. The van der Waals surface area contributed by atoms with Crippen molar-refractivity contribution in [2.24, 2.45) is 11.8 Å². The van der Waals surface area contributed by atoms with Gasteiger partial charge in [0.05, 0.1) is 13.4 Å². The highest BCUT2D eigenvalue weighted by molar-refractivity contribution is 4.94. The maximum absolute atomic E-state index is 4.96. The van der Waals surface area contributed by atoms with Gasteiger partial charge in [0.1, 0.15) is 0 Å². The van der Waals surface area contributed by atoms with Crippen molar-refractivity contribution in [1.29, 1.82) is 0 Å². The van der Waals surface area contributed by atoms with Crippen LogP contribution in [0.25, 0.3) is 0 Å². The standard InChI is InChI=1S/C14H24O/c1-3-4-5-6-13-7-9-14(10-8-13)11-12-15-2/h5-6,11-14H,3-4,7-10H2,1-2H3/b6-5+,12-11?/t13-,14-. The molecule has 0 aliphatic heterocycles. The van der Waals surface area contributed by atoms with Gasteiger partial charge in [0.25, 0.3) is 0 Å². The van der Waals surface area contributed by atoms with E-state index in [4.69, 9.17) is 4.74 Å². The van der Waals surface area contributed by atoms with Crippen LogP contribution in [0, 0.1) is 11.8 Å². The Labute approximate surface area is 94.2 Å². The summed E-state index contributed by atoms with van der Waals surface area (Å²) in [6.07, 6.45) is 16.7. The van der Waals surface area contributed by atoms with Gasteiger partial charge in [-0.3, -0.25) is 0 Å². The summed E-state index contributed by atoms with van der Waals surface area (Å²) in [5, 5.41) is 0. The average Bonchev–Trinajstić information content (AvgIpc) is 2.28. The van der Waals surface area contributed by atoms with E-state index in [0.717, 1.165) is 11.8 Å². The highest BCUT2D eigenvalue weighted by Crippen LogP contribution is 2.30. The molecule has 0 unspecified atom stereocenters. The molecule has 15 heavy (non-hydrogen) atoms. The lowest BCUT2D eigenvalue weighted by molar-refractivity contribution is 0.317. The quantitative estimate of drug-likeness (QED) is 0.483. The van der Waals surface area contributed by atoms with Gasteiger partial charge in [0.15, 0.2) is 0 Å². The van der Waals surface area contributed by atoms with E-state index < -0.39 is 0 Å². The van der Waals surface area contributed by atoms with Crippen LogP contribution in [0.15, 0.2) is 24.5 Å². The monoisotopic (exact) mass is 208 g/mol. The van der Waals surface area contributed by atoms with Gasteiger partial charge in [-0.25, -0.2) is 0 Å². The van der Waals surface area contributed by atoms with E-state index in [1.807, 2.05) is 6.26 Å². The van der Waals surface area contributed by atoms with Crippen LogP contribution in [0.5, 0.6) is 0 Å². The summed E-state index contributed by atoms with van der Waals surface area (Å²) >= 11 is 0. The molecule has 1 heteroatoms. The lowest BCUT2D eigenvalue weighted by atomic mass is 9.82. The predicted octanol–water partition coefficient (Wildman–Crippen LogP) is 4.31. The predicted molar refractivity (Wildman–Crippen MR) is 65.6 cm³/mol. The molecule has 0 N–H and O–H groups in total. The third-order valence-electron chi connectivity index (χ3n) is 3.17. The maximum Gasteiger partial charge on any atom is 0.0787 e. The molecule has 0 amide bonds. The molecule has 0 aromatic heterocycles. The molecule has 1 saturated carbocycles. The Balaban J connectivity index is 2.20. The van der Waals surface area contributed by atoms with Gasteiger partial charge in [-0.15, -0.1) is 0 Å². The molecule has 1 rings (SSSR count). The number of rotatable bonds is 5. The van der Waals surface area contributed by atoms with Crippen LogP contribution in [0.1, 0.15) is 45.4 Å². The van der Waals surface area contributed by atoms with Crippen molar-refractivity contribution >= 4 is 0 Å². The second kappa shape index (κ2) is 7.56. The Morgan fingerprint density at radius 1 is 1.07 bits per heavy atom. The first kappa shape index (κ1) is 12.4. The summed E-state index contributed by atoms with van der Waals surface area (Å²) < 4.78 is 4.96. The van der Waals surface area contributed by atoms with Gasteiger partial charge in [-0.2, -0.15) is 0 Å². The summed E-state index contributed by atoms with van der Waals surface area (Å²) in [6.45, 7) is 2.23. The molecule has 86 valence electrons.